The number of anilines is 4. The number of pyridine rings is 1. The van der Waals surface area contributed by atoms with Crippen LogP contribution in [-0.4, -0.2) is 44.9 Å². The molecule has 2 rings (SSSR count). The lowest BCUT2D eigenvalue weighted by atomic mass is 10.1. The van der Waals surface area contributed by atoms with Crippen molar-refractivity contribution in [3.8, 4) is 0 Å². The molecule has 2 aromatic rings. The summed E-state index contributed by atoms with van der Waals surface area (Å²) < 4.78 is 27.1. The number of aryl methyl sites for hydroxylation is 1. The first-order valence-corrected chi connectivity index (χ1v) is 9.99. The van der Waals surface area contributed by atoms with Gasteiger partial charge in [-0.2, -0.15) is 12.7 Å². The topological polar surface area (TPSA) is 77.6 Å². The van der Waals surface area contributed by atoms with E-state index in [-0.39, 0.29) is 5.82 Å². The second-order valence-electron chi connectivity index (χ2n) is 6.12. The molecule has 0 aliphatic carbocycles. The summed E-state index contributed by atoms with van der Waals surface area (Å²) in [5, 5.41) is 3.32. The number of hydrogen-bond donors (Lipinski definition) is 2. The highest BCUT2D eigenvalue weighted by atomic mass is 32.2. The predicted octanol–water partition coefficient (Wildman–Crippen LogP) is 3.20. The van der Waals surface area contributed by atoms with Gasteiger partial charge in [-0.1, -0.05) is 0 Å². The molecule has 2 N–H and O–H groups in total. The normalized spacial score (nSPS) is 11.5. The maximum Gasteiger partial charge on any atom is 0.302 e. The van der Waals surface area contributed by atoms with E-state index in [4.69, 9.17) is 0 Å². The number of benzene rings is 1. The maximum absolute atomic E-state index is 11.8. The number of aromatic nitrogens is 1. The third-order valence-electron chi connectivity index (χ3n) is 4.10. The van der Waals surface area contributed by atoms with Crippen LogP contribution in [0.15, 0.2) is 36.5 Å². The van der Waals surface area contributed by atoms with Crippen LogP contribution in [0.4, 0.5) is 22.9 Å². The van der Waals surface area contributed by atoms with Crippen LogP contribution in [0.25, 0.3) is 0 Å². The van der Waals surface area contributed by atoms with Crippen molar-refractivity contribution in [1.29, 1.82) is 0 Å². The van der Waals surface area contributed by atoms with E-state index in [1.54, 1.807) is 18.3 Å². The van der Waals surface area contributed by atoms with Crippen molar-refractivity contribution in [3.05, 3.63) is 42.1 Å². The molecule has 0 saturated heterocycles. The Kier molecular flexibility index (Phi) is 6.44. The summed E-state index contributed by atoms with van der Waals surface area (Å²) in [7, 11) is -0.630. The third kappa shape index (κ3) is 4.86. The highest BCUT2D eigenvalue weighted by molar-refractivity contribution is 7.90. The zero-order chi connectivity index (χ0) is 19.3. The van der Waals surface area contributed by atoms with Gasteiger partial charge in [0.2, 0.25) is 0 Å². The van der Waals surface area contributed by atoms with E-state index in [2.05, 4.69) is 52.8 Å². The molecular weight excluding hydrogens is 350 g/mol. The first kappa shape index (κ1) is 20.0. The van der Waals surface area contributed by atoms with Crippen molar-refractivity contribution in [3.63, 3.8) is 0 Å². The van der Waals surface area contributed by atoms with Crippen molar-refractivity contribution in [2.24, 2.45) is 0 Å². The molecule has 0 fully saturated rings. The zero-order valence-electron chi connectivity index (χ0n) is 15.9. The molecule has 8 heteroatoms. The van der Waals surface area contributed by atoms with Crippen molar-refractivity contribution in [2.75, 3.05) is 42.1 Å². The molecule has 0 spiro atoms. The highest BCUT2D eigenvalue weighted by Gasteiger charge is 2.13. The molecule has 0 amide bonds. The summed E-state index contributed by atoms with van der Waals surface area (Å²) >= 11 is 0. The Morgan fingerprint density at radius 2 is 1.77 bits per heavy atom. The van der Waals surface area contributed by atoms with Crippen LogP contribution in [0.3, 0.4) is 0 Å². The standard InChI is InChI=1S/C18H27N5O2S/c1-6-23(7-2)16-9-10-17(14(3)12-16)20-15-8-11-18(19-13-15)21-26(24,25)22(4)5/h8-13,20H,6-7H2,1-5H3,(H,19,21). The smallest absolute Gasteiger partial charge is 0.302 e. The average molecular weight is 378 g/mol. The molecule has 0 unspecified atom stereocenters. The van der Waals surface area contributed by atoms with E-state index in [1.165, 1.54) is 19.8 Å². The summed E-state index contributed by atoms with van der Waals surface area (Å²) in [6.45, 7) is 8.28. The molecule has 7 nitrogen and oxygen atoms in total. The Bertz CT molecular complexity index is 831. The molecule has 0 bridgehead atoms. The number of rotatable bonds is 8. The van der Waals surface area contributed by atoms with Gasteiger partial charge in [-0.3, -0.25) is 4.72 Å². The molecule has 26 heavy (non-hydrogen) atoms. The van der Waals surface area contributed by atoms with Crippen LogP contribution in [0, 0.1) is 6.92 Å². The summed E-state index contributed by atoms with van der Waals surface area (Å²) in [5.74, 6) is 0.276. The number of nitrogens with zero attached hydrogens (tertiary/aromatic N) is 3. The van der Waals surface area contributed by atoms with Crippen molar-refractivity contribution >= 4 is 33.1 Å². The number of hydrogen-bond acceptors (Lipinski definition) is 5. The molecular formula is C18H27N5O2S. The summed E-state index contributed by atoms with van der Waals surface area (Å²) in [4.78, 5) is 6.45. The SMILES string of the molecule is CCN(CC)c1ccc(Nc2ccc(NS(=O)(=O)N(C)C)nc2)c(C)c1. The lowest BCUT2D eigenvalue weighted by molar-refractivity contribution is 0.526. The molecule has 0 atom stereocenters. The quantitative estimate of drug-likeness (QED) is 0.739. The summed E-state index contributed by atoms with van der Waals surface area (Å²) in [5.41, 5.74) is 4.11. The van der Waals surface area contributed by atoms with E-state index in [0.717, 1.165) is 34.3 Å². The fourth-order valence-electron chi connectivity index (χ4n) is 2.48. The largest absolute Gasteiger partial charge is 0.372 e. The fraction of sp³-hybridized carbons (Fsp3) is 0.389. The highest BCUT2D eigenvalue weighted by Crippen LogP contribution is 2.25. The van der Waals surface area contributed by atoms with Crippen LogP contribution in [0.2, 0.25) is 0 Å². The van der Waals surface area contributed by atoms with E-state index in [9.17, 15) is 8.42 Å². The third-order valence-corrected chi connectivity index (χ3v) is 5.52. The van der Waals surface area contributed by atoms with Gasteiger partial charge in [0.1, 0.15) is 5.82 Å². The molecule has 0 saturated carbocycles. The predicted molar refractivity (Wildman–Crippen MR) is 108 cm³/mol. The van der Waals surface area contributed by atoms with Gasteiger partial charge in [0.25, 0.3) is 0 Å². The van der Waals surface area contributed by atoms with Crippen LogP contribution in [-0.2, 0) is 10.2 Å². The first-order chi connectivity index (χ1) is 12.3. The lowest BCUT2D eigenvalue weighted by Crippen LogP contribution is -2.29. The van der Waals surface area contributed by atoms with Gasteiger partial charge < -0.3 is 10.2 Å². The molecule has 0 aliphatic heterocycles. The second kappa shape index (κ2) is 8.37. The van der Waals surface area contributed by atoms with Gasteiger partial charge in [0, 0.05) is 38.6 Å². The molecule has 0 aliphatic rings. The van der Waals surface area contributed by atoms with Gasteiger partial charge in [-0.05, 0) is 56.7 Å². The molecule has 0 radical (unpaired) electrons. The summed E-state index contributed by atoms with van der Waals surface area (Å²) in [6.07, 6.45) is 1.60. The fourth-order valence-corrected chi connectivity index (χ4v) is 3.05. The lowest BCUT2D eigenvalue weighted by Gasteiger charge is -2.22. The molecule has 142 valence electrons. The van der Waals surface area contributed by atoms with Gasteiger partial charge in [-0.15, -0.1) is 0 Å². The van der Waals surface area contributed by atoms with Gasteiger partial charge in [-0.25, -0.2) is 4.98 Å². The number of nitrogens with one attached hydrogen (secondary N) is 2. The van der Waals surface area contributed by atoms with Crippen LogP contribution in [0.1, 0.15) is 19.4 Å². The summed E-state index contributed by atoms with van der Waals surface area (Å²) in [6, 6.07) is 9.71. The minimum Gasteiger partial charge on any atom is -0.372 e. The molecule has 1 aromatic carbocycles. The second-order valence-corrected chi connectivity index (χ2v) is 8.00. The Labute approximate surface area is 156 Å². The van der Waals surface area contributed by atoms with E-state index >= 15 is 0 Å². The first-order valence-electron chi connectivity index (χ1n) is 8.55. The molecule has 1 heterocycles. The van der Waals surface area contributed by atoms with Crippen LogP contribution in [0.5, 0.6) is 0 Å². The van der Waals surface area contributed by atoms with Gasteiger partial charge in [0.15, 0.2) is 0 Å². The Morgan fingerprint density at radius 1 is 1.08 bits per heavy atom. The monoisotopic (exact) mass is 377 g/mol. The Morgan fingerprint density at radius 3 is 2.27 bits per heavy atom. The van der Waals surface area contributed by atoms with E-state index in [0.29, 0.717) is 0 Å². The van der Waals surface area contributed by atoms with Crippen molar-refractivity contribution < 1.29 is 8.42 Å². The van der Waals surface area contributed by atoms with Gasteiger partial charge >= 0.3 is 10.2 Å². The van der Waals surface area contributed by atoms with Gasteiger partial charge in [0.05, 0.1) is 11.9 Å². The Balaban J connectivity index is 2.12. The van der Waals surface area contributed by atoms with Crippen molar-refractivity contribution in [1.82, 2.24) is 9.29 Å². The van der Waals surface area contributed by atoms with Crippen LogP contribution >= 0.6 is 0 Å². The van der Waals surface area contributed by atoms with E-state index in [1.807, 2.05) is 6.07 Å². The van der Waals surface area contributed by atoms with Crippen LogP contribution < -0.4 is 14.9 Å². The molecule has 1 aromatic heterocycles. The van der Waals surface area contributed by atoms with Crippen molar-refractivity contribution in [2.45, 2.75) is 20.8 Å². The van der Waals surface area contributed by atoms with E-state index < -0.39 is 10.2 Å². The zero-order valence-corrected chi connectivity index (χ0v) is 16.8. The minimum absolute atomic E-state index is 0.276. The minimum atomic E-state index is -3.55. The maximum atomic E-state index is 11.8. The average Bonchev–Trinajstić information content (AvgIpc) is 2.59. The Hall–Kier alpha value is -2.32.